The lowest BCUT2D eigenvalue weighted by molar-refractivity contribution is 0.106. The van der Waals surface area contributed by atoms with Crippen molar-refractivity contribution in [3.05, 3.63) is 22.4 Å². The molecular formula is C13H21NOS. The molecule has 0 bridgehead atoms. The molecule has 1 aromatic heterocycles. The standard InChI is InChI=1S/C13H21NOS/c1-10(2)13(12-6-4-8-16-12)14-9-11-5-3-7-15-11/h4,6,8,10-11,13-14H,3,5,7,9H2,1-2H3. The molecule has 0 amide bonds. The van der Waals surface area contributed by atoms with Gasteiger partial charge in [0.15, 0.2) is 0 Å². The molecule has 0 aliphatic carbocycles. The molecule has 1 fully saturated rings. The van der Waals surface area contributed by atoms with Gasteiger partial charge in [0, 0.05) is 24.1 Å². The third-order valence-corrected chi connectivity index (χ3v) is 4.06. The minimum atomic E-state index is 0.432. The molecule has 0 spiro atoms. The van der Waals surface area contributed by atoms with Crippen LogP contribution in [0.3, 0.4) is 0 Å². The van der Waals surface area contributed by atoms with E-state index in [2.05, 4.69) is 36.7 Å². The summed E-state index contributed by atoms with van der Waals surface area (Å²) in [6.07, 6.45) is 2.86. The van der Waals surface area contributed by atoms with Crippen LogP contribution in [0, 0.1) is 5.92 Å². The molecule has 0 radical (unpaired) electrons. The van der Waals surface area contributed by atoms with Gasteiger partial charge in [-0.25, -0.2) is 0 Å². The van der Waals surface area contributed by atoms with Gasteiger partial charge in [0.05, 0.1) is 6.10 Å². The largest absolute Gasteiger partial charge is 0.377 e. The maximum absolute atomic E-state index is 5.64. The molecule has 1 aliphatic rings. The first-order chi connectivity index (χ1) is 7.77. The van der Waals surface area contributed by atoms with Crippen LogP contribution < -0.4 is 5.32 Å². The van der Waals surface area contributed by atoms with Gasteiger partial charge in [0.25, 0.3) is 0 Å². The summed E-state index contributed by atoms with van der Waals surface area (Å²) < 4.78 is 5.64. The molecule has 2 heterocycles. The predicted molar refractivity (Wildman–Crippen MR) is 68.9 cm³/mol. The third kappa shape index (κ3) is 3.06. The Balaban J connectivity index is 1.88. The van der Waals surface area contributed by atoms with Crippen molar-refractivity contribution in [2.75, 3.05) is 13.2 Å². The molecular weight excluding hydrogens is 218 g/mol. The average molecular weight is 239 g/mol. The van der Waals surface area contributed by atoms with Crippen molar-refractivity contribution in [1.29, 1.82) is 0 Å². The summed E-state index contributed by atoms with van der Waals surface area (Å²) in [5, 5.41) is 5.80. The molecule has 2 rings (SSSR count). The fraction of sp³-hybridized carbons (Fsp3) is 0.692. The van der Waals surface area contributed by atoms with Crippen LogP contribution in [-0.4, -0.2) is 19.3 Å². The molecule has 2 unspecified atom stereocenters. The highest BCUT2D eigenvalue weighted by atomic mass is 32.1. The van der Waals surface area contributed by atoms with Crippen LogP contribution in [0.25, 0.3) is 0 Å². The topological polar surface area (TPSA) is 21.3 Å². The Hall–Kier alpha value is -0.380. The van der Waals surface area contributed by atoms with Crippen molar-refractivity contribution >= 4 is 11.3 Å². The second-order valence-corrected chi connectivity index (χ2v) is 5.76. The lowest BCUT2D eigenvalue weighted by Gasteiger charge is -2.23. The second-order valence-electron chi connectivity index (χ2n) is 4.78. The number of hydrogen-bond donors (Lipinski definition) is 1. The molecule has 3 heteroatoms. The third-order valence-electron chi connectivity index (χ3n) is 3.11. The van der Waals surface area contributed by atoms with Gasteiger partial charge in [-0.15, -0.1) is 11.3 Å². The van der Waals surface area contributed by atoms with Gasteiger partial charge in [0.1, 0.15) is 0 Å². The summed E-state index contributed by atoms with van der Waals surface area (Å²) in [5.74, 6) is 0.625. The van der Waals surface area contributed by atoms with Crippen LogP contribution in [0.4, 0.5) is 0 Å². The molecule has 0 saturated carbocycles. The van der Waals surface area contributed by atoms with Crippen molar-refractivity contribution in [2.24, 2.45) is 5.92 Å². The maximum atomic E-state index is 5.64. The highest BCUT2D eigenvalue weighted by Gasteiger charge is 2.20. The lowest BCUT2D eigenvalue weighted by Crippen LogP contribution is -2.32. The van der Waals surface area contributed by atoms with E-state index in [9.17, 15) is 0 Å². The highest BCUT2D eigenvalue weighted by molar-refractivity contribution is 7.10. The molecule has 2 atom stereocenters. The van der Waals surface area contributed by atoms with Gasteiger partial charge in [-0.1, -0.05) is 19.9 Å². The molecule has 16 heavy (non-hydrogen) atoms. The minimum Gasteiger partial charge on any atom is -0.377 e. The van der Waals surface area contributed by atoms with Gasteiger partial charge in [0.2, 0.25) is 0 Å². The second kappa shape index (κ2) is 5.80. The summed E-state index contributed by atoms with van der Waals surface area (Å²) in [6.45, 7) is 6.47. The zero-order valence-corrected chi connectivity index (χ0v) is 10.9. The SMILES string of the molecule is CC(C)C(NCC1CCCO1)c1cccs1. The van der Waals surface area contributed by atoms with Gasteiger partial charge in [-0.3, -0.25) is 0 Å². The molecule has 0 aromatic carbocycles. The number of rotatable bonds is 5. The predicted octanol–water partition coefficient (Wildman–Crippen LogP) is 3.21. The van der Waals surface area contributed by atoms with Crippen molar-refractivity contribution in [2.45, 2.75) is 38.8 Å². The zero-order chi connectivity index (χ0) is 11.4. The molecule has 1 N–H and O–H groups in total. The Morgan fingerprint density at radius 2 is 2.44 bits per heavy atom. The summed E-state index contributed by atoms with van der Waals surface area (Å²) in [5.41, 5.74) is 0. The van der Waals surface area contributed by atoms with Crippen LogP contribution in [0.2, 0.25) is 0 Å². The first kappa shape index (κ1) is 12.1. The summed E-state index contributed by atoms with van der Waals surface area (Å²) in [7, 11) is 0. The molecule has 1 saturated heterocycles. The Morgan fingerprint density at radius 3 is 3.00 bits per heavy atom. The molecule has 90 valence electrons. The number of thiophene rings is 1. The van der Waals surface area contributed by atoms with E-state index >= 15 is 0 Å². The number of nitrogens with one attached hydrogen (secondary N) is 1. The van der Waals surface area contributed by atoms with Crippen molar-refractivity contribution < 1.29 is 4.74 Å². The van der Waals surface area contributed by atoms with E-state index in [1.165, 1.54) is 17.7 Å². The Labute approximate surface area is 102 Å². The van der Waals surface area contributed by atoms with Crippen LogP contribution >= 0.6 is 11.3 Å². The van der Waals surface area contributed by atoms with Crippen LogP contribution in [0.5, 0.6) is 0 Å². The van der Waals surface area contributed by atoms with Gasteiger partial charge >= 0.3 is 0 Å². The first-order valence-electron chi connectivity index (χ1n) is 6.15. The van der Waals surface area contributed by atoms with E-state index in [0.29, 0.717) is 18.1 Å². The first-order valence-corrected chi connectivity index (χ1v) is 7.03. The average Bonchev–Trinajstić information content (AvgIpc) is 2.88. The van der Waals surface area contributed by atoms with Crippen LogP contribution in [0.1, 0.15) is 37.6 Å². The van der Waals surface area contributed by atoms with E-state index in [1.807, 2.05) is 11.3 Å². The Kier molecular flexibility index (Phi) is 4.38. The number of ether oxygens (including phenoxy) is 1. The van der Waals surface area contributed by atoms with Crippen molar-refractivity contribution in [3.63, 3.8) is 0 Å². The minimum absolute atomic E-state index is 0.432. The monoisotopic (exact) mass is 239 g/mol. The molecule has 1 aliphatic heterocycles. The smallest absolute Gasteiger partial charge is 0.0700 e. The maximum Gasteiger partial charge on any atom is 0.0700 e. The summed E-state index contributed by atoms with van der Waals surface area (Å²) in [6, 6.07) is 4.82. The fourth-order valence-electron chi connectivity index (χ4n) is 2.20. The molecule has 2 nitrogen and oxygen atoms in total. The van der Waals surface area contributed by atoms with Crippen LogP contribution in [0.15, 0.2) is 17.5 Å². The van der Waals surface area contributed by atoms with Gasteiger partial charge < -0.3 is 10.1 Å². The summed E-state index contributed by atoms with van der Waals surface area (Å²) in [4.78, 5) is 1.44. The Bertz CT molecular complexity index is 291. The van der Waals surface area contributed by atoms with E-state index < -0.39 is 0 Å². The summed E-state index contributed by atoms with van der Waals surface area (Å²) >= 11 is 1.84. The quantitative estimate of drug-likeness (QED) is 0.852. The van der Waals surface area contributed by atoms with Crippen molar-refractivity contribution in [3.8, 4) is 0 Å². The lowest BCUT2D eigenvalue weighted by atomic mass is 10.0. The van der Waals surface area contributed by atoms with E-state index in [-0.39, 0.29) is 0 Å². The van der Waals surface area contributed by atoms with Gasteiger partial charge in [-0.2, -0.15) is 0 Å². The van der Waals surface area contributed by atoms with E-state index in [4.69, 9.17) is 4.74 Å². The van der Waals surface area contributed by atoms with E-state index in [0.717, 1.165) is 13.2 Å². The number of hydrogen-bond acceptors (Lipinski definition) is 3. The van der Waals surface area contributed by atoms with E-state index in [1.54, 1.807) is 0 Å². The van der Waals surface area contributed by atoms with Crippen molar-refractivity contribution in [1.82, 2.24) is 5.32 Å². The van der Waals surface area contributed by atoms with Crippen LogP contribution in [-0.2, 0) is 4.74 Å². The zero-order valence-electron chi connectivity index (χ0n) is 10.1. The molecule has 1 aromatic rings. The van der Waals surface area contributed by atoms with Gasteiger partial charge in [-0.05, 0) is 30.2 Å². The normalized spacial score (nSPS) is 22.8. The fourth-order valence-corrected chi connectivity index (χ4v) is 3.17. The Morgan fingerprint density at radius 1 is 1.56 bits per heavy atom. The highest BCUT2D eigenvalue weighted by Crippen LogP contribution is 2.26.